The molecule has 1 saturated heterocycles. The molecule has 1 atom stereocenters. The molecule has 0 spiro atoms. The zero-order chi connectivity index (χ0) is 13.0. The largest absolute Gasteiger partial charge is 0.381 e. The van der Waals surface area contributed by atoms with Crippen molar-refractivity contribution in [3.63, 3.8) is 0 Å². The van der Waals surface area contributed by atoms with Gasteiger partial charge in [0, 0.05) is 38.2 Å². The van der Waals surface area contributed by atoms with Crippen LogP contribution in [-0.2, 0) is 11.3 Å². The van der Waals surface area contributed by atoms with E-state index in [2.05, 4.69) is 42.2 Å². The quantitative estimate of drug-likeness (QED) is 0.869. The molecule has 0 aliphatic carbocycles. The van der Waals surface area contributed by atoms with Gasteiger partial charge in [0.05, 0.1) is 0 Å². The van der Waals surface area contributed by atoms with Gasteiger partial charge in [-0.25, -0.2) is 0 Å². The van der Waals surface area contributed by atoms with Gasteiger partial charge < -0.3 is 14.6 Å². The van der Waals surface area contributed by atoms with E-state index >= 15 is 0 Å². The topological polar surface area (TPSA) is 26.2 Å². The van der Waals surface area contributed by atoms with Crippen molar-refractivity contribution in [2.75, 3.05) is 20.3 Å². The van der Waals surface area contributed by atoms with Crippen molar-refractivity contribution in [2.24, 2.45) is 11.8 Å². The molecule has 1 fully saturated rings. The highest BCUT2D eigenvalue weighted by molar-refractivity contribution is 5.16. The van der Waals surface area contributed by atoms with E-state index in [-0.39, 0.29) is 0 Å². The molecule has 0 radical (unpaired) electrons. The van der Waals surface area contributed by atoms with Crippen LogP contribution in [0.2, 0.25) is 0 Å². The summed E-state index contributed by atoms with van der Waals surface area (Å²) in [6, 6.07) is 2.71. The number of ether oxygens (including phenoxy) is 1. The van der Waals surface area contributed by atoms with Crippen molar-refractivity contribution >= 4 is 0 Å². The van der Waals surface area contributed by atoms with E-state index in [0.29, 0.717) is 12.0 Å². The highest BCUT2D eigenvalue weighted by Gasteiger charge is 2.17. The molecule has 0 amide bonds. The molecule has 18 heavy (non-hydrogen) atoms. The van der Waals surface area contributed by atoms with E-state index in [1.165, 1.54) is 18.4 Å². The van der Waals surface area contributed by atoms with Crippen LogP contribution in [0.5, 0.6) is 0 Å². The van der Waals surface area contributed by atoms with E-state index in [1.807, 2.05) is 7.05 Å². The fourth-order valence-electron chi connectivity index (χ4n) is 2.87. The van der Waals surface area contributed by atoms with E-state index in [4.69, 9.17) is 4.74 Å². The third-order valence-electron chi connectivity index (χ3n) is 3.92. The van der Waals surface area contributed by atoms with Crippen LogP contribution in [-0.4, -0.2) is 24.8 Å². The van der Waals surface area contributed by atoms with Crippen LogP contribution in [0.3, 0.4) is 0 Å². The molecule has 1 aromatic rings. The lowest BCUT2D eigenvalue weighted by Crippen LogP contribution is -2.21. The Morgan fingerprint density at radius 2 is 2.11 bits per heavy atom. The molecule has 1 aromatic heterocycles. The highest BCUT2D eigenvalue weighted by Crippen LogP contribution is 2.23. The zero-order valence-corrected chi connectivity index (χ0v) is 11.9. The fourth-order valence-corrected chi connectivity index (χ4v) is 2.87. The molecule has 0 aromatic carbocycles. The summed E-state index contributed by atoms with van der Waals surface area (Å²) in [7, 11) is 2.04. The summed E-state index contributed by atoms with van der Waals surface area (Å²) >= 11 is 0. The molecule has 2 rings (SSSR count). The molecule has 3 heteroatoms. The van der Waals surface area contributed by atoms with Gasteiger partial charge in [0.25, 0.3) is 0 Å². The van der Waals surface area contributed by atoms with Crippen molar-refractivity contribution in [1.82, 2.24) is 9.88 Å². The van der Waals surface area contributed by atoms with Crippen LogP contribution in [0.4, 0.5) is 0 Å². The Morgan fingerprint density at radius 3 is 2.72 bits per heavy atom. The number of aromatic nitrogens is 1. The molecule has 1 aliphatic rings. The molecule has 0 bridgehead atoms. The highest BCUT2D eigenvalue weighted by atomic mass is 16.5. The number of hydrogen-bond acceptors (Lipinski definition) is 2. The third-order valence-corrected chi connectivity index (χ3v) is 3.92. The first-order valence-electron chi connectivity index (χ1n) is 7.11. The normalized spacial score (nSPS) is 19.3. The lowest BCUT2D eigenvalue weighted by atomic mass is 9.99. The first-order chi connectivity index (χ1) is 8.70. The van der Waals surface area contributed by atoms with Gasteiger partial charge in [0.2, 0.25) is 0 Å². The SMILES string of the molecule is CNC(c1ccn(CC2CCOCC2)c1)C(C)C. The maximum Gasteiger partial charge on any atom is 0.0469 e. The van der Waals surface area contributed by atoms with Gasteiger partial charge in [0.1, 0.15) is 0 Å². The summed E-state index contributed by atoms with van der Waals surface area (Å²) in [5, 5.41) is 3.40. The monoisotopic (exact) mass is 250 g/mol. The average Bonchev–Trinajstić information content (AvgIpc) is 2.79. The van der Waals surface area contributed by atoms with Gasteiger partial charge in [-0.15, -0.1) is 0 Å². The van der Waals surface area contributed by atoms with Crippen molar-refractivity contribution in [3.05, 3.63) is 24.0 Å². The van der Waals surface area contributed by atoms with Crippen LogP contribution >= 0.6 is 0 Å². The molecule has 1 aliphatic heterocycles. The summed E-state index contributed by atoms with van der Waals surface area (Å²) in [6.45, 7) is 7.53. The van der Waals surface area contributed by atoms with Gasteiger partial charge in [-0.3, -0.25) is 0 Å². The second kappa shape index (κ2) is 6.39. The zero-order valence-electron chi connectivity index (χ0n) is 11.9. The standard InChI is InChI=1S/C15H26N2O/c1-12(2)15(16-3)14-4-7-17(11-14)10-13-5-8-18-9-6-13/h4,7,11-13,15-16H,5-6,8-10H2,1-3H3. The van der Waals surface area contributed by atoms with Gasteiger partial charge in [-0.05, 0) is 43.4 Å². The molecular formula is C15H26N2O. The molecule has 1 N–H and O–H groups in total. The predicted molar refractivity (Wildman–Crippen MR) is 74.6 cm³/mol. The summed E-state index contributed by atoms with van der Waals surface area (Å²) in [4.78, 5) is 0. The van der Waals surface area contributed by atoms with Crippen LogP contribution in [0.25, 0.3) is 0 Å². The first-order valence-corrected chi connectivity index (χ1v) is 7.11. The summed E-state index contributed by atoms with van der Waals surface area (Å²) in [6.07, 6.45) is 6.93. The van der Waals surface area contributed by atoms with E-state index in [1.54, 1.807) is 0 Å². The number of rotatable bonds is 5. The Balaban J connectivity index is 1.96. The maximum atomic E-state index is 5.41. The predicted octanol–water partition coefficient (Wildman–Crippen LogP) is 2.83. The first kappa shape index (κ1) is 13.6. The summed E-state index contributed by atoms with van der Waals surface area (Å²) in [5.41, 5.74) is 1.40. The maximum absolute atomic E-state index is 5.41. The van der Waals surface area contributed by atoms with Crippen molar-refractivity contribution in [3.8, 4) is 0 Å². The van der Waals surface area contributed by atoms with Gasteiger partial charge in [-0.2, -0.15) is 0 Å². The summed E-state index contributed by atoms with van der Waals surface area (Å²) in [5.74, 6) is 1.40. The molecule has 0 saturated carbocycles. The Labute approximate surface area is 111 Å². The van der Waals surface area contributed by atoms with Crippen LogP contribution in [0, 0.1) is 11.8 Å². The number of nitrogens with one attached hydrogen (secondary N) is 1. The van der Waals surface area contributed by atoms with Crippen LogP contribution in [0.15, 0.2) is 18.5 Å². The number of hydrogen-bond donors (Lipinski definition) is 1. The second-order valence-electron chi connectivity index (χ2n) is 5.71. The van der Waals surface area contributed by atoms with E-state index in [9.17, 15) is 0 Å². The van der Waals surface area contributed by atoms with Crippen molar-refractivity contribution in [1.29, 1.82) is 0 Å². The van der Waals surface area contributed by atoms with Gasteiger partial charge in [-0.1, -0.05) is 13.8 Å². The molecular weight excluding hydrogens is 224 g/mol. The lowest BCUT2D eigenvalue weighted by Gasteiger charge is -2.22. The molecule has 102 valence electrons. The summed E-state index contributed by atoms with van der Waals surface area (Å²) < 4.78 is 7.76. The Kier molecular flexibility index (Phi) is 4.84. The lowest BCUT2D eigenvalue weighted by molar-refractivity contribution is 0.0613. The fraction of sp³-hybridized carbons (Fsp3) is 0.733. The minimum Gasteiger partial charge on any atom is -0.381 e. The molecule has 2 heterocycles. The third kappa shape index (κ3) is 3.36. The molecule has 3 nitrogen and oxygen atoms in total. The van der Waals surface area contributed by atoms with Crippen molar-refractivity contribution in [2.45, 2.75) is 39.3 Å². The van der Waals surface area contributed by atoms with Crippen LogP contribution < -0.4 is 5.32 Å². The van der Waals surface area contributed by atoms with Crippen molar-refractivity contribution < 1.29 is 4.74 Å². The van der Waals surface area contributed by atoms with Gasteiger partial charge in [0.15, 0.2) is 0 Å². The minimum absolute atomic E-state index is 0.459. The number of nitrogens with zero attached hydrogens (tertiary/aromatic N) is 1. The Bertz CT molecular complexity index is 353. The smallest absolute Gasteiger partial charge is 0.0469 e. The Hall–Kier alpha value is -0.800. The van der Waals surface area contributed by atoms with E-state index in [0.717, 1.165) is 25.7 Å². The Morgan fingerprint density at radius 1 is 1.39 bits per heavy atom. The minimum atomic E-state index is 0.459. The molecule has 1 unspecified atom stereocenters. The average molecular weight is 250 g/mol. The van der Waals surface area contributed by atoms with Gasteiger partial charge >= 0.3 is 0 Å². The second-order valence-corrected chi connectivity index (χ2v) is 5.71. The van der Waals surface area contributed by atoms with Crippen LogP contribution in [0.1, 0.15) is 38.3 Å². The van der Waals surface area contributed by atoms with E-state index < -0.39 is 0 Å².